The maximum Gasteiger partial charge on any atom is 0.0224 e. The van der Waals surface area contributed by atoms with Crippen molar-refractivity contribution >= 4 is 5.71 Å². The minimum absolute atomic E-state index is 0.834. The molecule has 0 radical (unpaired) electrons. The van der Waals surface area contributed by atoms with Gasteiger partial charge in [0.2, 0.25) is 0 Å². The predicted octanol–water partition coefficient (Wildman–Crippen LogP) is 4.45. The molecule has 0 aromatic heterocycles. The van der Waals surface area contributed by atoms with Gasteiger partial charge in [0, 0.05) is 18.3 Å². The monoisotopic (exact) mass is 203 g/mol. The van der Waals surface area contributed by atoms with Crippen LogP contribution >= 0.6 is 0 Å². The third-order valence-corrected chi connectivity index (χ3v) is 1.74. The maximum absolute atomic E-state index is 4.25. The quantitative estimate of drug-likeness (QED) is 0.447. The van der Waals surface area contributed by atoms with Crippen LogP contribution in [0.25, 0.3) is 0 Å². The number of hydrogen-bond donors (Lipinski definition) is 0. The Morgan fingerprint density at radius 2 is 2.07 bits per heavy atom. The molecule has 0 saturated carbocycles. The van der Waals surface area contributed by atoms with Gasteiger partial charge in [0.05, 0.1) is 0 Å². The molecule has 0 saturated heterocycles. The van der Waals surface area contributed by atoms with E-state index < -0.39 is 0 Å². The Balaban J connectivity index is 4.03. The van der Waals surface area contributed by atoms with E-state index in [9.17, 15) is 0 Å². The molecular formula is C14H21N. The van der Waals surface area contributed by atoms with Crippen LogP contribution in [0.3, 0.4) is 0 Å². The van der Waals surface area contributed by atoms with Gasteiger partial charge >= 0.3 is 0 Å². The fourth-order valence-electron chi connectivity index (χ4n) is 1.04. The Morgan fingerprint density at radius 3 is 2.67 bits per heavy atom. The third-order valence-electron chi connectivity index (χ3n) is 1.74. The summed E-state index contributed by atoms with van der Waals surface area (Å²) in [6.07, 6.45) is 13.8. The highest BCUT2D eigenvalue weighted by Gasteiger charge is 1.91. The van der Waals surface area contributed by atoms with Crippen molar-refractivity contribution in [1.29, 1.82) is 0 Å². The summed E-state index contributed by atoms with van der Waals surface area (Å²) >= 11 is 0. The van der Waals surface area contributed by atoms with E-state index in [4.69, 9.17) is 0 Å². The lowest BCUT2D eigenvalue weighted by Gasteiger charge is -1.97. The number of aliphatic imine (C=N–C) groups is 1. The summed E-state index contributed by atoms with van der Waals surface area (Å²) in [5, 5.41) is 0. The summed E-state index contributed by atoms with van der Waals surface area (Å²) in [7, 11) is 0. The fraction of sp³-hybridized carbons (Fsp3) is 0.357. The zero-order valence-electron chi connectivity index (χ0n) is 10.0. The van der Waals surface area contributed by atoms with Crippen molar-refractivity contribution in [3.8, 4) is 0 Å². The predicted molar refractivity (Wildman–Crippen MR) is 70.3 cm³/mol. The fourth-order valence-corrected chi connectivity index (χ4v) is 1.04. The van der Waals surface area contributed by atoms with E-state index in [0.717, 1.165) is 24.1 Å². The first-order valence-corrected chi connectivity index (χ1v) is 5.36. The van der Waals surface area contributed by atoms with Crippen LogP contribution in [0.15, 0.2) is 53.7 Å². The van der Waals surface area contributed by atoms with Crippen molar-refractivity contribution in [2.75, 3.05) is 0 Å². The van der Waals surface area contributed by atoms with Crippen LogP contribution in [0.2, 0.25) is 0 Å². The average Bonchev–Trinajstić information content (AvgIpc) is 2.21. The van der Waals surface area contributed by atoms with Crippen LogP contribution in [0.4, 0.5) is 0 Å². The first kappa shape index (κ1) is 13.6. The largest absolute Gasteiger partial charge is 0.266 e. The Bertz CT molecular complexity index is 290. The normalized spacial score (nSPS) is 13.4. The Labute approximate surface area is 93.6 Å². The van der Waals surface area contributed by atoms with E-state index >= 15 is 0 Å². The van der Waals surface area contributed by atoms with Crippen LogP contribution in [-0.4, -0.2) is 5.71 Å². The Kier molecular flexibility index (Phi) is 8.36. The zero-order valence-corrected chi connectivity index (χ0v) is 10.0. The highest BCUT2D eigenvalue weighted by Crippen LogP contribution is 2.02. The van der Waals surface area contributed by atoms with Crippen LogP contribution in [0, 0.1) is 0 Å². The molecule has 15 heavy (non-hydrogen) atoms. The van der Waals surface area contributed by atoms with Gasteiger partial charge in [0.15, 0.2) is 0 Å². The average molecular weight is 203 g/mol. The first-order valence-electron chi connectivity index (χ1n) is 5.36. The molecule has 0 amide bonds. The molecule has 0 aromatic rings. The van der Waals surface area contributed by atoms with Crippen molar-refractivity contribution in [2.24, 2.45) is 4.99 Å². The Morgan fingerprint density at radius 1 is 1.33 bits per heavy atom. The minimum atomic E-state index is 0.834. The maximum atomic E-state index is 4.25. The van der Waals surface area contributed by atoms with Gasteiger partial charge in [-0.1, -0.05) is 43.9 Å². The highest BCUT2D eigenvalue weighted by atomic mass is 14.7. The molecule has 82 valence electrons. The van der Waals surface area contributed by atoms with Gasteiger partial charge < -0.3 is 0 Å². The number of nitrogens with zero attached hydrogens (tertiary/aromatic N) is 1. The molecule has 0 aliphatic rings. The molecule has 0 atom stereocenters. The first-order chi connectivity index (χ1) is 7.20. The van der Waals surface area contributed by atoms with Crippen molar-refractivity contribution < 1.29 is 0 Å². The number of allylic oxidation sites excluding steroid dienone is 6. The minimum Gasteiger partial charge on any atom is -0.266 e. The van der Waals surface area contributed by atoms with E-state index in [2.05, 4.69) is 24.6 Å². The van der Waals surface area contributed by atoms with Crippen molar-refractivity contribution in [3.63, 3.8) is 0 Å². The molecule has 0 N–H and O–H groups in total. The molecule has 0 spiro atoms. The summed E-state index contributed by atoms with van der Waals surface area (Å²) in [5.74, 6) is 0. The molecule has 0 aliphatic carbocycles. The van der Waals surface area contributed by atoms with Gasteiger partial charge in [-0.15, -0.1) is 0 Å². The molecule has 0 bridgehead atoms. The topological polar surface area (TPSA) is 12.4 Å². The van der Waals surface area contributed by atoms with Gasteiger partial charge in [-0.3, -0.25) is 4.99 Å². The van der Waals surface area contributed by atoms with Crippen LogP contribution in [0.5, 0.6) is 0 Å². The van der Waals surface area contributed by atoms with E-state index in [1.54, 1.807) is 0 Å². The standard InChI is InChI=1S/C14H21N/c1-5-7-8-9-10-13(3)12-14(4)15-11-6-2/h6-11H,3,5,12H2,1-2,4H3/b8-7-,10-9-,11-6-,15-14?. The second-order valence-corrected chi connectivity index (χ2v) is 3.38. The van der Waals surface area contributed by atoms with Crippen molar-refractivity contribution in [3.05, 3.63) is 48.7 Å². The molecular weight excluding hydrogens is 182 g/mol. The Hall–Kier alpha value is -1.37. The SMILES string of the molecule is C=C(/C=C\C=C/CC)CC(C)=N/C=C\C. The summed E-state index contributed by atoms with van der Waals surface area (Å²) in [6, 6.07) is 0. The number of rotatable bonds is 6. The summed E-state index contributed by atoms with van der Waals surface area (Å²) in [6.45, 7) is 10.1. The second-order valence-electron chi connectivity index (χ2n) is 3.38. The zero-order chi connectivity index (χ0) is 11.5. The molecule has 1 heteroatoms. The second kappa shape index (κ2) is 9.20. The van der Waals surface area contributed by atoms with E-state index in [1.807, 2.05) is 44.4 Å². The smallest absolute Gasteiger partial charge is 0.0224 e. The van der Waals surface area contributed by atoms with Gasteiger partial charge in [0.25, 0.3) is 0 Å². The molecule has 0 aliphatic heterocycles. The number of hydrogen-bond acceptors (Lipinski definition) is 1. The highest BCUT2D eigenvalue weighted by molar-refractivity contribution is 5.85. The lowest BCUT2D eigenvalue weighted by Crippen LogP contribution is -1.90. The lowest BCUT2D eigenvalue weighted by atomic mass is 10.1. The third kappa shape index (κ3) is 8.95. The molecule has 0 fully saturated rings. The molecule has 0 rings (SSSR count). The van der Waals surface area contributed by atoms with Gasteiger partial charge in [-0.25, -0.2) is 0 Å². The van der Waals surface area contributed by atoms with Crippen LogP contribution < -0.4 is 0 Å². The van der Waals surface area contributed by atoms with Crippen molar-refractivity contribution in [1.82, 2.24) is 0 Å². The summed E-state index contributed by atoms with van der Waals surface area (Å²) < 4.78 is 0. The van der Waals surface area contributed by atoms with Crippen LogP contribution in [-0.2, 0) is 0 Å². The van der Waals surface area contributed by atoms with E-state index in [-0.39, 0.29) is 0 Å². The molecule has 1 nitrogen and oxygen atoms in total. The van der Waals surface area contributed by atoms with Gasteiger partial charge in [0.1, 0.15) is 0 Å². The van der Waals surface area contributed by atoms with E-state index in [1.165, 1.54) is 0 Å². The van der Waals surface area contributed by atoms with Crippen molar-refractivity contribution in [2.45, 2.75) is 33.6 Å². The molecule has 0 heterocycles. The van der Waals surface area contributed by atoms with Crippen LogP contribution in [0.1, 0.15) is 33.6 Å². The van der Waals surface area contributed by atoms with Gasteiger partial charge in [-0.05, 0) is 25.8 Å². The summed E-state index contributed by atoms with van der Waals surface area (Å²) in [5.41, 5.74) is 2.17. The van der Waals surface area contributed by atoms with Gasteiger partial charge in [-0.2, -0.15) is 0 Å². The molecule has 0 aromatic carbocycles. The van der Waals surface area contributed by atoms with E-state index in [0.29, 0.717) is 0 Å². The molecule has 0 unspecified atom stereocenters. The lowest BCUT2D eigenvalue weighted by molar-refractivity contribution is 1.22. The summed E-state index contributed by atoms with van der Waals surface area (Å²) in [4.78, 5) is 4.25.